The van der Waals surface area contributed by atoms with Gasteiger partial charge in [-0.3, -0.25) is 14.5 Å². The van der Waals surface area contributed by atoms with E-state index in [1.807, 2.05) is 36.4 Å². The molecule has 0 bridgehead atoms. The van der Waals surface area contributed by atoms with E-state index >= 15 is 0 Å². The Morgan fingerprint density at radius 2 is 1.96 bits per heavy atom. The van der Waals surface area contributed by atoms with Crippen LogP contribution in [0.1, 0.15) is 34.7 Å². The van der Waals surface area contributed by atoms with Gasteiger partial charge in [0.05, 0.1) is 16.9 Å². The summed E-state index contributed by atoms with van der Waals surface area (Å²) in [5.41, 5.74) is 2.97. The van der Waals surface area contributed by atoms with Crippen molar-refractivity contribution in [3.63, 3.8) is 0 Å². The molecule has 0 saturated heterocycles. The van der Waals surface area contributed by atoms with Gasteiger partial charge in [-0.1, -0.05) is 18.2 Å². The molecular weight excluding hydrogens is 356 g/mol. The third-order valence-corrected chi connectivity index (χ3v) is 4.69. The van der Waals surface area contributed by atoms with E-state index < -0.39 is 0 Å². The minimum Gasteiger partial charge on any atom is -0.355 e. The molecule has 2 aromatic carbocycles. The molecule has 23 heavy (non-hydrogen) atoms. The zero-order valence-corrected chi connectivity index (χ0v) is 14.3. The van der Waals surface area contributed by atoms with Gasteiger partial charge in [0.15, 0.2) is 0 Å². The van der Waals surface area contributed by atoms with Crippen molar-refractivity contribution in [3.05, 3.63) is 58.1 Å². The van der Waals surface area contributed by atoms with Crippen LogP contribution in [0.5, 0.6) is 0 Å². The Balaban J connectivity index is 2.14. The fourth-order valence-corrected chi connectivity index (χ4v) is 3.11. The maximum absolute atomic E-state index is 12.2. The van der Waals surface area contributed by atoms with Gasteiger partial charge in [0, 0.05) is 11.5 Å². The summed E-state index contributed by atoms with van der Waals surface area (Å²) >= 11 is 3.47. The number of para-hydroxylation sites is 1. The Hall–Kier alpha value is -2.14. The second-order valence-corrected chi connectivity index (χ2v) is 6.41. The molecular formula is C18H17BrN2O2. The van der Waals surface area contributed by atoms with Crippen molar-refractivity contribution in [1.29, 1.82) is 0 Å². The van der Waals surface area contributed by atoms with E-state index in [4.69, 9.17) is 0 Å². The Morgan fingerprint density at radius 1 is 1.22 bits per heavy atom. The van der Waals surface area contributed by atoms with E-state index in [0.29, 0.717) is 22.9 Å². The maximum Gasteiger partial charge on any atom is 0.253 e. The standard InChI is InChI=1S/C18H17BrN2O2/c1-20-18(23)14-9-8-13(12-6-7-12)10-17(14)21(11-22)16-5-3-2-4-15(16)19/h2-5,8-12H,6-7H2,1H3,(H,20,23). The molecule has 1 N–H and O–H groups in total. The molecule has 0 aliphatic heterocycles. The molecule has 2 aromatic rings. The van der Waals surface area contributed by atoms with Crippen molar-refractivity contribution in [2.45, 2.75) is 18.8 Å². The summed E-state index contributed by atoms with van der Waals surface area (Å²) in [7, 11) is 1.59. The highest BCUT2D eigenvalue weighted by molar-refractivity contribution is 9.10. The van der Waals surface area contributed by atoms with Crippen molar-refractivity contribution >= 4 is 39.6 Å². The van der Waals surface area contributed by atoms with E-state index in [1.54, 1.807) is 13.1 Å². The lowest BCUT2D eigenvalue weighted by Crippen LogP contribution is -2.23. The Kier molecular flexibility index (Phi) is 4.48. The molecule has 1 aliphatic rings. The number of nitrogens with zero attached hydrogens (tertiary/aromatic N) is 1. The first-order chi connectivity index (χ1) is 11.2. The average molecular weight is 373 g/mol. The van der Waals surface area contributed by atoms with Crippen molar-refractivity contribution in [2.75, 3.05) is 11.9 Å². The summed E-state index contributed by atoms with van der Waals surface area (Å²) in [6, 6.07) is 13.2. The molecule has 0 spiro atoms. The van der Waals surface area contributed by atoms with E-state index in [2.05, 4.69) is 21.2 Å². The first kappa shape index (κ1) is 15.7. The van der Waals surface area contributed by atoms with Crippen LogP contribution < -0.4 is 10.2 Å². The molecule has 0 aromatic heterocycles. The van der Waals surface area contributed by atoms with Crippen LogP contribution in [0.3, 0.4) is 0 Å². The van der Waals surface area contributed by atoms with Gasteiger partial charge < -0.3 is 5.32 Å². The molecule has 1 fully saturated rings. The predicted octanol–water partition coefficient (Wildman–Crippen LogP) is 3.98. The Morgan fingerprint density at radius 3 is 2.57 bits per heavy atom. The topological polar surface area (TPSA) is 49.4 Å². The van der Waals surface area contributed by atoms with Crippen molar-refractivity contribution in [1.82, 2.24) is 5.32 Å². The summed E-state index contributed by atoms with van der Waals surface area (Å²) in [4.78, 5) is 25.5. The number of nitrogens with one attached hydrogen (secondary N) is 1. The monoisotopic (exact) mass is 372 g/mol. The van der Waals surface area contributed by atoms with Crippen LogP contribution >= 0.6 is 15.9 Å². The fourth-order valence-electron chi connectivity index (χ4n) is 2.64. The first-order valence-corrected chi connectivity index (χ1v) is 8.30. The SMILES string of the molecule is CNC(=O)c1ccc(C2CC2)cc1N(C=O)c1ccccc1Br. The van der Waals surface area contributed by atoms with E-state index in [-0.39, 0.29) is 5.91 Å². The molecule has 118 valence electrons. The van der Waals surface area contributed by atoms with E-state index in [0.717, 1.165) is 23.7 Å². The third-order valence-electron chi connectivity index (χ3n) is 4.02. The molecule has 0 atom stereocenters. The molecule has 2 amide bonds. The zero-order chi connectivity index (χ0) is 16.4. The van der Waals surface area contributed by atoms with Crippen LogP contribution in [0.15, 0.2) is 46.9 Å². The largest absolute Gasteiger partial charge is 0.355 e. The molecule has 0 heterocycles. The number of rotatable bonds is 5. The maximum atomic E-state index is 12.2. The molecule has 3 rings (SSSR count). The van der Waals surface area contributed by atoms with Crippen LogP contribution in [0.2, 0.25) is 0 Å². The molecule has 0 unspecified atom stereocenters. The van der Waals surface area contributed by atoms with Crippen LogP contribution in [0.4, 0.5) is 11.4 Å². The van der Waals surface area contributed by atoms with Crippen molar-refractivity contribution in [3.8, 4) is 0 Å². The minimum absolute atomic E-state index is 0.207. The number of carbonyl (C=O) groups excluding carboxylic acids is 2. The van der Waals surface area contributed by atoms with Gasteiger partial charge >= 0.3 is 0 Å². The normalized spacial score (nSPS) is 13.5. The number of hydrogen-bond acceptors (Lipinski definition) is 2. The van der Waals surface area contributed by atoms with Gasteiger partial charge in [0.2, 0.25) is 6.41 Å². The third kappa shape index (κ3) is 3.15. The number of hydrogen-bond donors (Lipinski definition) is 1. The number of anilines is 2. The van der Waals surface area contributed by atoms with Gasteiger partial charge in [0.25, 0.3) is 5.91 Å². The van der Waals surface area contributed by atoms with Crippen molar-refractivity contribution in [2.24, 2.45) is 0 Å². The quantitative estimate of drug-likeness (QED) is 0.806. The van der Waals surface area contributed by atoms with Crippen LogP contribution in [0, 0.1) is 0 Å². The number of carbonyl (C=O) groups is 2. The molecule has 0 radical (unpaired) electrons. The number of benzene rings is 2. The minimum atomic E-state index is -0.207. The highest BCUT2D eigenvalue weighted by atomic mass is 79.9. The fraction of sp³-hybridized carbons (Fsp3) is 0.222. The molecule has 5 heteroatoms. The van der Waals surface area contributed by atoms with Gasteiger partial charge in [-0.25, -0.2) is 0 Å². The van der Waals surface area contributed by atoms with Gasteiger partial charge in [-0.15, -0.1) is 0 Å². The van der Waals surface area contributed by atoms with Crippen molar-refractivity contribution < 1.29 is 9.59 Å². The molecule has 1 saturated carbocycles. The van der Waals surface area contributed by atoms with Crippen LogP contribution in [0.25, 0.3) is 0 Å². The van der Waals surface area contributed by atoms with E-state index in [9.17, 15) is 9.59 Å². The number of halogens is 1. The Labute approximate surface area is 143 Å². The highest BCUT2D eigenvalue weighted by Gasteiger charge is 2.26. The molecule has 1 aliphatic carbocycles. The second-order valence-electron chi connectivity index (χ2n) is 5.56. The first-order valence-electron chi connectivity index (χ1n) is 7.50. The summed E-state index contributed by atoms with van der Waals surface area (Å²) in [5.74, 6) is 0.335. The molecule has 4 nitrogen and oxygen atoms in total. The van der Waals surface area contributed by atoms with Gasteiger partial charge in [-0.05, 0) is 64.5 Å². The lowest BCUT2D eigenvalue weighted by Gasteiger charge is -2.22. The zero-order valence-electron chi connectivity index (χ0n) is 12.8. The Bertz CT molecular complexity index is 756. The summed E-state index contributed by atoms with van der Waals surface area (Å²) < 4.78 is 0.798. The van der Waals surface area contributed by atoms with Crippen LogP contribution in [-0.2, 0) is 4.79 Å². The summed E-state index contributed by atoms with van der Waals surface area (Å²) in [6.45, 7) is 0. The average Bonchev–Trinajstić information content (AvgIpc) is 3.41. The number of amides is 2. The predicted molar refractivity (Wildman–Crippen MR) is 94.2 cm³/mol. The van der Waals surface area contributed by atoms with Gasteiger partial charge in [0.1, 0.15) is 0 Å². The summed E-state index contributed by atoms with van der Waals surface area (Å²) in [5, 5.41) is 2.64. The van der Waals surface area contributed by atoms with Crippen LogP contribution in [-0.4, -0.2) is 19.4 Å². The summed E-state index contributed by atoms with van der Waals surface area (Å²) in [6.07, 6.45) is 3.07. The van der Waals surface area contributed by atoms with Gasteiger partial charge in [-0.2, -0.15) is 0 Å². The highest BCUT2D eigenvalue weighted by Crippen LogP contribution is 2.42. The second kappa shape index (κ2) is 6.54. The lowest BCUT2D eigenvalue weighted by atomic mass is 10.0. The smallest absolute Gasteiger partial charge is 0.253 e. The van der Waals surface area contributed by atoms with E-state index in [1.165, 1.54) is 10.5 Å². The lowest BCUT2D eigenvalue weighted by molar-refractivity contribution is -0.106.